The summed E-state index contributed by atoms with van der Waals surface area (Å²) in [7, 11) is -3.59. The first-order chi connectivity index (χ1) is 13.7. The van der Waals surface area contributed by atoms with E-state index in [-0.39, 0.29) is 16.1 Å². The van der Waals surface area contributed by atoms with Gasteiger partial charge in [-0.15, -0.1) is 0 Å². The molecule has 1 aromatic carbocycles. The molecule has 0 amide bonds. The molecule has 1 aromatic heterocycles. The summed E-state index contributed by atoms with van der Waals surface area (Å²) in [5.74, 6) is 0.137. The lowest BCUT2D eigenvalue weighted by molar-refractivity contribution is 0.0913. The molecule has 1 aliphatic carbocycles. The topological polar surface area (TPSA) is 82.3 Å². The number of Topliss-reactive ketones (excluding diaryl/α,β-unsaturated/α-hetero) is 1. The minimum atomic E-state index is -3.59. The Morgan fingerprint density at radius 2 is 1.90 bits per heavy atom. The van der Waals surface area contributed by atoms with Crippen molar-refractivity contribution in [2.75, 3.05) is 26.2 Å². The van der Waals surface area contributed by atoms with Gasteiger partial charge in [-0.1, -0.05) is 13.8 Å². The maximum Gasteiger partial charge on any atom is 0.240 e. The van der Waals surface area contributed by atoms with Crippen molar-refractivity contribution < 1.29 is 13.2 Å². The van der Waals surface area contributed by atoms with Gasteiger partial charge in [-0.3, -0.25) is 4.79 Å². The number of aryl methyl sites for hydroxylation is 1. The zero-order valence-corrected chi connectivity index (χ0v) is 18.4. The highest BCUT2D eigenvalue weighted by Gasteiger charge is 2.34. The maximum atomic E-state index is 12.9. The number of fused-ring (bicyclic) bond motifs is 3. The summed E-state index contributed by atoms with van der Waals surface area (Å²) in [6.07, 6.45) is 4.60. The highest BCUT2D eigenvalue weighted by Crippen LogP contribution is 2.38. The first kappa shape index (κ1) is 20.6. The quantitative estimate of drug-likeness (QED) is 0.706. The minimum absolute atomic E-state index is 0.0776. The van der Waals surface area contributed by atoms with E-state index in [1.54, 1.807) is 13.0 Å². The fourth-order valence-corrected chi connectivity index (χ4v) is 6.11. The highest BCUT2D eigenvalue weighted by molar-refractivity contribution is 7.89. The molecule has 7 heteroatoms. The van der Waals surface area contributed by atoms with Gasteiger partial charge in [0.15, 0.2) is 5.78 Å². The first-order valence-corrected chi connectivity index (χ1v) is 12.1. The molecular formula is C22H31N3O3S. The van der Waals surface area contributed by atoms with E-state index >= 15 is 0 Å². The first-order valence-electron chi connectivity index (χ1n) is 10.6. The molecule has 2 N–H and O–H groups in total. The minimum Gasteiger partial charge on any atom is -0.358 e. The number of carbonyl (C=O) groups is 1. The van der Waals surface area contributed by atoms with E-state index in [0.29, 0.717) is 18.5 Å². The number of benzene rings is 1. The number of aromatic amines is 1. The molecule has 0 spiro atoms. The summed E-state index contributed by atoms with van der Waals surface area (Å²) in [5, 5.41) is 0.839. The summed E-state index contributed by atoms with van der Waals surface area (Å²) in [6.45, 7) is 9.59. The zero-order valence-electron chi connectivity index (χ0n) is 17.6. The maximum absolute atomic E-state index is 12.9. The molecule has 1 fully saturated rings. The predicted molar refractivity (Wildman–Crippen MR) is 115 cm³/mol. The number of hydrogen-bond donors (Lipinski definition) is 2. The Hall–Kier alpha value is -1.70. The summed E-state index contributed by atoms with van der Waals surface area (Å²) >= 11 is 0. The fraction of sp³-hybridized carbons (Fsp3) is 0.591. The summed E-state index contributed by atoms with van der Waals surface area (Å²) in [5.41, 5.74) is 2.98. The van der Waals surface area contributed by atoms with Crippen LogP contribution in [0.3, 0.4) is 0 Å². The van der Waals surface area contributed by atoms with Gasteiger partial charge in [-0.05, 0) is 75.4 Å². The van der Waals surface area contributed by atoms with Gasteiger partial charge in [0, 0.05) is 35.1 Å². The molecule has 6 nitrogen and oxygen atoms in total. The molecule has 0 saturated carbocycles. The number of likely N-dealkylation sites (tertiary alicyclic amines) is 1. The van der Waals surface area contributed by atoms with Crippen LogP contribution in [0.2, 0.25) is 0 Å². The van der Waals surface area contributed by atoms with Crippen LogP contribution in [0.5, 0.6) is 0 Å². The lowest BCUT2D eigenvalue weighted by atomic mass is 9.76. The van der Waals surface area contributed by atoms with Crippen LogP contribution >= 0.6 is 0 Å². The van der Waals surface area contributed by atoms with Gasteiger partial charge in [0.05, 0.1) is 4.90 Å². The molecule has 1 saturated heterocycles. The van der Waals surface area contributed by atoms with Gasteiger partial charge in [0.25, 0.3) is 0 Å². The number of nitrogens with zero attached hydrogens (tertiary/aromatic N) is 1. The normalized spacial score (nSPS) is 19.8. The van der Waals surface area contributed by atoms with Crippen molar-refractivity contribution in [2.45, 2.75) is 57.8 Å². The zero-order chi connectivity index (χ0) is 20.8. The Morgan fingerprint density at radius 3 is 2.62 bits per heavy atom. The van der Waals surface area contributed by atoms with Gasteiger partial charge >= 0.3 is 0 Å². The van der Waals surface area contributed by atoms with Gasteiger partial charge < -0.3 is 9.88 Å². The number of nitrogens with one attached hydrogen (secondary N) is 2. The van der Waals surface area contributed by atoms with Crippen molar-refractivity contribution in [2.24, 2.45) is 5.41 Å². The Bertz CT molecular complexity index is 1050. The van der Waals surface area contributed by atoms with E-state index < -0.39 is 10.0 Å². The second-order valence-corrected chi connectivity index (χ2v) is 11.1. The van der Waals surface area contributed by atoms with Crippen molar-refractivity contribution in [3.63, 3.8) is 0 Å². The number of rotatable bonds is 6. The van der Waals surface area contributed by atoms with E-state index in [1.165, 1.54) is 12.8 Å². The fourth-order valence-electron chi connectivity index (χ4n) is 4.78. The van der Waals surface area contributed by atoms with Gasteiger partial charge in [0.1, 0.15) is 0 Å². The third-order valence-electron chi connectivity index (χ3n) is 6.18. The summed E-state index contributed by atoms with van der Waals surface area (Å²) in [6, 6.07) is 3.53. The molecule has 0 radical (unpaired) electrons. The Balaban J connectivity index is 1.56. The molecule has 2 aromatic rings. The molecular weight excluding hydrogens is 386 g/mol. The molecule has 2 aliphatic rings. The van der Waals surface area contributed by atoms with Crippen LogP contribution in [0.25, 0.3) is 10.9 Å². The van der Waals surface area contributed by atoms with E-state index in [2.05, 4.69) is 28.5 Å². The Morgan fingerprint density at radius 1 is 1.17 bits per heavy atom. The second kappa shape index (κ2) is 7.52. The van der Waals surface area contributed by atoms with E-state index in [0.717, 1.165) is 54.6 Å². The SMILES string of the molecule is Cc1cc2c3c([nH]c2cc1S(=O)(=O)NCCCN1CCCC1)CC(C)(C)CC3=O. The number of H-pyrrole nitrogens is 1. The molecule has 1 aliphatic heterocycles. The largest absolute Gasteiger partial charge is 0.358 e. The lowest BCUT2D eigenvalue weighted by Crippen LogP contribution is -2.29. The second-order valence-electron chi connectivity index (χ2n) is 9.38. The van der Waals surface area contributed by atoms with E-state index in [4.69, 9.17) is 0 Å². The van der Waals surface area contributed by atoms with Crippen LogP contribution in [0.1, 0.15) is 61.1 Å². The Kier molecular flexibility index (Phi) is 5.34. The average molecular weight is 418 g/mol. The van der Waals surface area contributed by atoms with Crippen molar-refractivity contribution in [1.82, 2.24) is 14.6 Å². The van der Waals surface area contributed by atoms with Gasteiger partial charge in [-0.2, -0.15) is 0 Å². The number of ketones is 1. The highest BCUT2D eigenvalue weighted by atomic mass is 32.2. The number of hydrogen-bond acceptors (Lipinski definition) is 4. The van der Waals surface area contributed by atoms with Crippen LogP contribution in [0, 0.1) is 12.3 Å². The molecule has 0 unspecified atom stereocenters. The molecule has 29 heavy (non-hydrogen) atoms. The van der Waals surface area contributed by atoms with Gasteiger partial charge in [0.2, 0.25) is 10.0 Å². The van der Waals surface area contributed by atoms with Crippen molar-refractivity contribution in [3.05, 3.63) is 29.0 Å². The predicted octanol–water partition coefficient (Wildman–Crippen LogP) is 3.40. The van der Waals surface area contributed by atoms with Crippen molar-refractivity contribution in [3.8, 4) is 0 Å². The number of aromatic nitrogens is 1. The average Bonchev–Trinajstić information content (AvgIpc) is 3.24. The lowest BCUT2D eigenvalue weighted by Gasteiger charge is -2.28. The van der Waals surface area contributed by atoms with Gasteiger partial charge in [-0.25, -0.2) is 13.1 Å². The molecule has 2 heterocycles. The van der Waals surface area contributed by atoms with Crippen LogP contribution in [0.4, 0.5) is 0 Å². The van der Waals surface area contributed by atoms with Crippen LogP contribution in [-0.2, 0) is 16.4 Å². The van der Waals surface area contributed by atoms with Crippen LogP contribution < -0.4 is 4.72 Å². The third-order valence-corrected chi connectivity index (χ3v) is 7.78. The molecule has 4 rings (SSSR count). The third kappa shape index (κ3) is 4.13. The monoisotopic (exact) mass is 417 g/mol. The summed E-state index contributed by atoms with van der Waals surface area (Å²) in [4.78, 5) is 18.7. The smallest absolute Gasteiger partial charge is 0.240 e. The molecule has 0 atom stereocenters. The van der Waals surface area contributed by atoms with Crippen LogP contribution in [-0.4, -0.2) is 50.3 Å². The van der Waals surface area contributed by atoms with Crippen molar-refractivity contribution >= 4 is 26.7 Å². The standard InChI is InChI=1S/C22H31N3O3S/c1-15-11-16-17(24-18-13-22(2,3)14-19(26)21(16)18)12-20(15)29(27,28)23-7-6-10-25-8-4-5-9-25/h11-12,23-24H,4-10,13-14H2,1-3H3. The van der Waals surface area contributed by atoms with Crippen molar-refractivity contribution in [1.29, 1.82) is 0 Å². The number of sulfonamides is 1. The molecule has 0 bridgehead atoms. The number of carbonyl (C=O) groups excluding carboxylic acids is 1. The van der Waals surface area contributed by atoms with E-state index in [9.17, 15) is 13.2 Å². The van der Waals surface area contributed by atoms with E-state index in [1.807, 2.05) is 6.07 Å². The molecule has 158 valence electrons. The summed E-state index contributed by atoms with van der Waals surface area (Å²) < 4.78 is 28.5. The van der Waals surface area contributed by atoms with Crippen LogP contribution in [0.15, 0.2) is 17.0 Å². The Labute approximate surface area is 173 Å².